The number of hydrogen-bond donors (Lipinski definition) is 0. The van der Waals surface area contributed by atoms with Gasteiger partial charge in [-0.05, 0) is 24.3 Å². The average molecular weight is 224 g/mol. The van der Waals surface area contributed by atoms with Crippen LogP contribution in [-0.4, -0.2) is 17.0 Å². The van der Waals surface area contributed by atoms with Crippen LogP contribution in [0.25, 0.3) is 0 Å². The zero-order valence-electron chi connectivity index (χ0n) is 9.54. The van der Waals surface area contributed by atoms with Gasteiger partial charge in [0.25, 0.3) is 0 Å². The van der Waals surface area contributed by atoms with Gasteiger partial charge < -0.3 is 4.90 Å². The Morgan fingerprint density at radius 1 is 1.24 bits per heavy atom. The summed E-state index contributed by atoms with van der Waals surface area (Å²) in [5.41, 5.74) is 1.59. The van der Waals surface area contributed by atoms with E-state index in [-0.39, 0.29) is 0 Å². The van der Waals surface area contributed by atoms with Crippen molar-refractivity contribution in [2.24, 2.45) is 0 Å². The summed E-state index contributed by atoms with van der Waals surface area (Å²) in [5.74, 6) is 0.773. The first kappa shape index (κ1) is 11.1. The van der Waals surface area contributed by atoms with Crippen molar-refractivity contribution in [2.75, 3.05) is 11.9 Å². The molecule has 0 aliphatic heterocycles. The zero-order chi connectivity index (χ0) is 12.1. The SMILES string of the molecule is CN(Cc1ccccn1)c1cc(C#N)ccn1. The number of rotatable bonds is 3. The first-order chi connectivity index (χ1) is 8.29. The lowest BCUT2D eigenvalue weighted by Gasteiger charge is -2.17. The molecule has 4 nitrogen and oxygen atoms in total. The maximum Gasteiger partial charge on any atom is 0.129 e. The molecule has 4 heteroatoms. The van der Waals surface area contributed by atoms with Crippen LogP contribution in [0.3, 0.4) is 0 Å². The van der Waals surface area contributed by atoms with Crippen LogP contribution in [0.1, 0.15) is 11.3 Å². The van der Waals surface area contributed by atoms with Crippen LogP contribution in [0, 0.1) is 11.3 Å². The van der Waals surface area contributed by atoms with E-state index in [2.05, 4.69) is 16.0 Å². The van der Waals surface area contributed by atoms with Crippen LogP contribution in [0.15, 0.2) is 42.7 Å². The van der Waals surface area contributed by atoms with Gasteiger partial charge >= 0.3 is 0 Å². The fourth-order valence-corrected chi connectivity index (χ4v) is 1.51. The standard InChI is InChI=1S/C13H12N4/c1-17(10-12-4-2-3-6-15-12)13-8-11(9-14)5-7-16-13/h2-8H,10H2,1H3. The van der Waals surface area contributed by atoms with Crippen molar-refractivity contribution in [3.8, 4) is 6.07 Å². The summed E-state index contributed by atoms with van der Waals surface area (Å²) in [7, 11) is 1.93. The third-order valence-electron chi connectivity index (χ3n) is 2.39. The molecule has 0 saturated carbocycles. The number of nitriles is 1. The van der Waals surface area contributed by atoms with Crippen molar-refractivity contribution in [2.45, 2.75) is 6.54 Å². The molecule has 0 saturated heterocycles. The normalized spacial score (nSPS) is 9.65. The Morgan fingerprint density at radius 3 is 2.82 bits per heavy atom. The second-order valence-electron chi connectivity index (χ2n) is 3.69. The highest BCUT2D eigenvalue weighted by Gasteiger charge is 2.04. The maximum atomic E-state index is 8.82. The number of nitrogens with zero attached hydrogens (tertiary/aromatic N) is 4. The molecule has 0 N–H and O–H groups in total. The number of anilines is 1. The molecule has 0 fully saturated rings. The summed E-state index contributed by atoms with van der Waals surface area (Å²) < 4.78 is 0. The molecule has 0 amide bonds. The van der Waals surface area contributed by atoms with Gasteiger partial charge in [-0.25, -0.2) is 4.98 Å². The third-order valence-corrected chi connectivity index (χ3v) is 2.39. The van der Waals surface area contributed by atoms with Gasteiger partial charge in [0.15, 0.2) is 0 Å². The molecule has 17 heavy (non-hydrogen) atoms. The van der Waals surface area contributed by atoms with Crippen molar-refractivity contribution in [3.05, 3.63) is 54.0 Å². The summed E-state index contributed by atoms with van der Waals surface area (Å²) in [4.78, 5) is 10.4. The van der Waals surface area contributed by atoms with Crippen molar-refractivity contribution >= 4 is 5.82 Å². The minimum absolute atomic E-state index is 0.614. The van der Waals surface area contributed by atoms with Gasteiger partial charge in [0, 0.05) is 19.4 Å². The van der Waals surface area contributed by atoms with E-state index in [0.717, 1.165) is 11.5 Å². The second kappa shape index (κ2) is 5.08. The highest BCUT2D eigenvalue weighted by Crippen LogP contribution is 2.12. The van der Waals surface area contributed by atoms with Gasteiger partial charge in [-0.1, -0.05) is 6.07 Å². The van der Waals surface area contributed by atoms with Gasteiger partial charge in [-0.2, -0.15) is 5.26 Å². The van der Waals surface area contributed by atoms with Crippen LogP contribution in [-0.2, 0) is 6.54 Å². The largest absolute Gasteiger partial charge is 0.354 e. The monoisotopic (exact) mass is 224 g/mol. The van der Waals surface area contributed by atoms with E-state index in [0.29, 0.717) is 12.1 Å². The fraction of sp³-hybridized carbons (Fsp3) is 0.154. The summed E-state index contributed by atoms with van der Waals surface area (Å²) >= 11 is 0. The second-order valence-corrected chi connectivity index (χ2v) is 3.69. The van der Waals surface area contributed by atoms with Crippen LogP contribution in [0.5, 0.6) is 0 Å². The van der Waals surface area contributed by atoms with Crippen molar-refractivity contribution in [1.82, 2.24) is 9.97 Å². The Kier molecular flexibility index (Phi) is 3.31. The first-order valence-corrected chi connectivity index (χ1v) is 5.27. The molecule has 0 aromatic carbocycles. The highest BCUT2D eigenvalue weighted by atomic mass is 15.2. The molecule has 0 radical (unpaired) electrons. The van der Waals surface area contributed by atoms with Gasteiger partial charge in [-0.3, -0.25) is 4.98 Å². The average Bonchev–Trinajstić information content (AvgIpc) is 2.40. The minimum atomic E-state index is 0.614. The number of aromatic nitrogens is 2. The summed E-state index contributed by atoms with van der Waals surface area (Å²) in [5, 5.41) is 8.82. The molecule has 0 atom stereocenters. The fourth-order valence-electron chi connectivity index (χ4n) is 1.51. The van der Waals surface area contributed by atoms with E-state index in [4.69, 9.17) is 5.26 Å². The van der Waals surface area contributed by atoms with Crippen LogP contribution >= 0.6 is 0 Å². The van der Waals surface area contributed by atoms with E-state index in [1.807, 2.05) is 30.1 Å². The van der Waals surface area contributed by atoms with Gasteiger partial charge in [0.1, 0.15) is 5.82 Å². The van der Waals surface area contributed by atoms with E-state index >= 15 is 0 Å². The van der Waals surface area contributed by atoms with Gasteiger partial charge in [0.2, 0.25) is 0 Å². The lowest BCUT2D eigenvalue weighted by molar-refractivity contribution is 0.865. The van der Waals surface area contributed by atoms with E-state index < -0.39 is 0 Å². The smallest absolute Gasteiger partial charge is 0.129 e. The molecule has 2 aromatic rings. The Labute approximate surface area is 100 Å². The third kappa shape index (κ3) is 2.79. The molecule has 0 aliphatic rings. The first-order valence-electron chi connectivity index (χ1n) is 5.27. The quantitative estimate of drug-likeness (QED) is 0.800. The van der Waals surface area contributed by atoms with E-state index in [9.17, 15) is 0 Å². The summed E-state index contributed by atoms with van der Waals surface area (Å²) in [6, 6.07) is 11.4. The lowest BCUT2D eigenvalue weighted by atomic mass is 10.2. The molecule has 0 unspecified atom stereocenters. The molecular weight excluding hydrogens is 212 g/mol. The maximum absolute atomic E-state index is 8.82. The van der Waals surface area contributed by atoms with E-state index in [1.54, 1.807) is 24.5 Å². The lowest BCUT2D eigenvalue weighted by Crippen LogP contribution is -2.18. The van der Waals surface area contributed by atoms with Crippen LogP contribution in [0.2, 0.25) is 0 Å². The molecule has 0 aliphatic carbocycles. The van der Waals surface area contributed by atoms with Crippen molar-refractivity contribution in [1.29, 1.82) is 5.26 Å². The predicted molar refractivity (Wildman–Crippen MR) is 65.3 cm³/mol. The Balaban J connectivity index is 2.15. The molecule has 2 rings (SSSR count). The molecule has 0 bridgehead atoms. The zero-order valence-corrected chi connectivity index (χ0v) is 9.54. The topological polar surface area (TPSA) is 52.8 Å². The molecule has 2 aromatic heterocycles. The van der Waals surface area contributed by atoms with Gasteiger partial charge in [0.05, 0.1) is 23.9 Å². The van der Waals surface area contributed by atoms with E-state index in [1.165, 1.54) is 0 Å². The molecule has 2 heterocycles. The number of pyridine rings is 2. The van der Waals surface area contributed by atoms with Crippen LogP contribution < -0.4 is 4.90 Å². The van der Waals surface area contributed by atoms with Crippen molar-refractivity contribution in [3.63, 3.8) is 0 Å². The number of hydrogen-bond acceptors (Lipinski definition) is 4. The van der Waals surface area contributed by atoms with Crippen LogP contribution in [0.4, 0.5) is 5.82 Å². The Hall–Kier alpha value is -2.41. The molecule has 84 valence electrons. The Morgan fingerprint density at radius 2 is 2.12 bits per heavy atom. The Bertz CT molecular complexity index is 531. The summed E-state index contributed by atoms with van der Waals surface area (Å²) in [6.45, 7) is 0.669. The van der Waals surface area contributed by atoms with Gasteiger partial charge in [-0.15, -0.1) is 0 Å². The predicted octanol–water partition coefficient (Wildman–Crippen LogP) is 1.98. The summed E-state index contributed by atoms with van der Waals surface area (Å²) in [6.07, 6.45) is 3.41. The minimum Gasteiger partial charge on any atom is -0.354 e. The molecular formula is C13H12N4. The molecule has 0 spiro atoms. The van der Waals surface area contributed by atoms with Crippen molar-refractivity contribution < 1.29 is 0 Å². The highest BCUT2D eigenvalue weighted by molar-refractivity contribution is 5.44.